The lowest BCUT2D eigenvalue weighted by molar-refractivity contribution is -0.141. The topological polar surface area (TPSA) is 88.8 Å². The Kier molecular flexibility index (Phi) is 6.89. The molecule has 0 fully saturated rings. The summed E-state index contributed by atoms with van der Waals surface area (Å²) in [4.78, 5) is 23.8. The number of carboxylic acids is 1. The Morgan fingerprint density at radius 1 is 1.32 bits per heavy atom. The second-order valence-corrected chi connectivity index (χ2v) is 7.46. The van der Waals surface area contributed by atoms with E-state index in [2.05, 4.69) is 5.32 Å². The summed E-state index contributed by atoms with van der Waals surface area (Å²) in [5, 5.41) is 12.9. The molecule has 2 aromatic rings. The first-order valence-corrected chi connectivity index (χ1v) is 9.51. The van der Waals surface area contributed by atoms with Gasteiger partial charge in [-0.05, 0) is 57.2 Å². The van der Waals surface area contributed by atoms with Crippen molar-refractivity contribution in [3.8, 4) is 5.75 Å². The molecular formula is C22H29NO5. The molecule has 0 saturated heterocycles. The zero-order valence-corrected chi connectivity index (χ0v) is 17.4. The lowest BCUT2D eigenvalue weighted by atomic mass is 9.98. The van der Waals surface area contributed by atoms with Crippen LogP contribution in [0.5, 0.6) is 5.75 Å². The minimum atomic E-state index is -1.03. The highest BCUT2D eigenvalue weighted by molar-refractivity contribution is 5.99. The Morgan fingerprint density at radius 3 is 2.57 bits per heavy atom. The maximum Gasteiger partial charge on any atom is 0.326 e. The second kappa shape index (κ2) is 8.95. The average molecular weight is 387 g/mol. The van der Waals surface area contributed by atoms with E-state index in [0.717, 1.165) is 27.7 Å². The molecule has 1 atom stereocenters. The van der Waals surface area contributed by atoms with Crippen molar-refractivity contribution >= 4 is 28.4 Å². The zero-order chi connectivity index (χ0) is 21.0. The first kappa shape index (κ1) is 21.5. The van der Waals surface area contributed by atoms with Crippen LogP contribution in [0.3, 0.4) is 0 Å². The summed E-state index contributed by atoms with van der Waals surface area (Å²) in [5.41, 5.74) is 4.13. The highest BCUT2D eigenvalue weighted by atomic mass is 16.5. The van der Waals surface area contributed by atoms with Crippen LogP contribution in [0.15, 0.2) is 22.8 Å². The van der Waals surface area contributed by atoms with Gasteiger partial charge in [-0.15, -0.1) is 0 Å². The summed E-state index contributed by atoms with van der Waals surface area (Å²) in [5.74, 6) is -0.642. The van der Waals surface area contributed by atoms with Crippen molar-refractivity contribution in [1.29, 1.82) is 0 Å². The van der Waals surface area contributed by atoms with E-state index in [9.17, 15) is 14.7 Å². The Morgan fingerprint density at radius 2 is 2.00 bits per heavy atom. The fourth-order valence-corrected chi connectivity index (χ4v) is 3.24. The smallest absolute Gasteiger partial charge is 0.326 e. The Bertz CT molecular complexity index is 907. The van der Waals surface area contributed by atoms with Crippen LogP contribution in [0.2, 0.25) is 0 Å². The predicted octanol–water partition coefficient (Wildman–Crippen LogP) is 4.47. The van der Waals surface area contributed by atoms with Crippen LogP contribution < -0.4 is 10.1 Å². The van der Waals surface area contributed by atoms with E-state index < -0.39 is 17.9 Å². The second-order valence-electron chi connectivity index (χ2n) is 7.46. The molecule has 2 rings (SSSR count). The summed E-state index contributed by atoms with van der Waals surface area (Å²) in [6.45, 7) is 11.9. The molecule has 1 unspecified atom stereocenters. The van der Waals surface area contributed by atoms with Gasteiger partial charge in [0.15, 0.2) is 0 Å². The van der Waals surface area contributed by atoms with Crippen molar-refractivity contribution in [1.82, 2.24) is 5.32 Å². The van der Waals surface area contributed by atoms with Gasteiger partial charge >= 0.3 is 5.97 Å². The average Bonchev–Trinajstić information content (AvgIpc) is 2.97. The molecule has 28 heavy (non-hydrogen) atoms. The van der Waals surface area contributed by atoms with Gasteiger partial charge in [0.05, 0.1) is 12.9 Å². The SMILES string of the molecule is CCOc1c(/C(C)=C/C(=O)NC(CC(C)C)C(=O)O)cc2c(C)coc2c1C. The third kappa shape index (κ3) is 4.74. The third-order valence-corrected chi connectivity index (χ3v) is 4.62. The summed E-state index contributed by atoms with van der Waals surface area (Å²) in [7, 11) is 0. The molecule has 0 radical (unpaired) electrons. The lowest BCUT2D eigenvalue weighted by Gasteiger charge is -2.17. The van der Waals surface area contributed by atoms with Crippen LogP contribution in [0.4, 0.5) is 0 Å². The van der Waals surface area contributed by atoms with Crippen molar-refractivity contribution < 1.29 is 23.8 Å². The molecule has 0 bridgehead atoms. The van der Waals surface area contributed by atoms with Gasteiger partial charge in [0.1, 0.15) is 17.4 Å². The number of hydrogen-bond donors (Lipinski definition) is 2. The number of ether oxygens (including phenoxy) is 1. The number of hydrogen-bond acceptors (Lipinski definition) is 4. The summed E-state index contributed by atoms with van der Waals surface area (Å²) in [6.07, 6.45) is 3.50. The van der Waals surface area contributed by atoms with Crippen molar-refractivity contribution in [3.05, 3.63) is 35.1 Å². The number of rotatable bonds is 8. The summed E-state index contributed by atoms with van der Waals surface area (Å²) < 4.78 is 11.5. The van der Waals surface area contributed by atoms with Gasteiger partial charge in [-0.2, -0.15) is 0 Å². The van der Waals surface area contributed by atoms with Crippen LogP contribution in [0.1, 0.15) is 50.8 Å². The molecule has 0 aliphatic heterocycles. The highest BCUT2D eigenvalue weighted by Gasteiger charge is 2.21. The van der Waals surface area contributed by atoms with E-state index in [1.165, 1.54) is 6.08 Å². The molecule has 1 heterocycles. The van der Waals surface area contributed by atoms with E-state index in [1.807, 2.05) is 47.6 Å². The Hall–Kier alpha value is -2.76. The number of benzene rings is 1. The third-order valence-electron chi connectivity index (χ3n) is 4.62. The van der Waals surface area contributed by atoms with Crippen molar-refractivity contribution in [3.63, 3.8) is 0 Å². The predicted molar refractivity (Wildman–Crippen MR) is 110 cm³/mol. The van der Waals surface area contributed by atoms with Gasteiger partial charge in [0.2, 0.25) is 5.91 Å². The maximum atomic E-state index is 12.4. The summed E-state index contributed by atoms with van der Waals surface area (Å²) >= 11 is 0. The maximum absolute atomic E-state index is 12.4. The molecule has 0 aliphatic carbocycles. The molecule has 0 aliphatic rings. The van der Waals surface area contributed by atoms with Crippen molar-refractivity contribution in [2.45, 2.75) is 54.0 Å². The molecular weight excluding hydrogens is 358 g/mol. The molecule has 1 aromatic carbocycles. The van der Waals surface area contributed by atoms with Crippen LogP contribution in [0, 0.1) is 19.8 Å². The molecule has 1 amide bonds. The fraction of sp³-hybridized carbons (Fsp3) is 0.455. The first-order valence-electron chi connectivity index (χ1n) is 9.51. The van der Waals surface area contributed by atoms with Gasteiger partial charge < -0.3 is 19.6 Å². The van der Waals surface area contributed by atoms with Crippen molar-refractivity contribution in [2.24, 2.45) is 5.92 Å². The molecule has 0 saturated carbocycles. The van der Waals surface area contributed by atoms with Gasteiger partial charge in [-0.1, -0.05) is 13.8 Å². The number of furan rings is 1. The normalized spacial score (nSPS) is 13.0. The number of allylic oxidation sites excluding steroid dienone is 1. The number of nitrogens with one attached hydrogen (secondary N) is 1. The van der Waals surface area contributed by atoms with Crippen molar-refractivity contribution in [2.75, 3.05) is 6.61 Å². The van der Waals surface area contributed by atoms with Crippen LogP contribution >= 0.6 is 0 Å². The Labute approximate surface area is 165 Å². The number of amides is 1. The number of aliphatic carboxylic acids is 1. The number of carboxylic acid groups (broad SMARTS) is 1. The standard InChI is InChI=1S/C22H29NO5/c1-7-27-20-15(6)21-17(14(5)11-28-21)10-16(20)13(4)9-19(24)23-18(22(25)26)8-12(2)3/h9-12,18H,7-8H2,1-6H3,(H,23,24)(H,25,26)/b13-9+. The summed E-state index contributed by atoms with van der Waals surface area (Å²) in [6, 6.07) is 1.04. The monoisotopic (exact) mass is 387 g/mol. The number of fused-ring (bicyclic) bond motifs is 1. The number of carbonyl (C=O) groups is 2. The van der Waals surface area contributed by atoms with E-state index in [1.54, 1.807) is 6.26 Å². The largest absolute Gasteiger partial charge is 0.493 e. The van der Waals surface area contributed by atoms with E-state index in [0.29, 0.717) is 24.4 Å². The van der Waals surface area contributed by atoms with Crippen LogP contribution in [-0.2, 0) is 9.59 Å². The van der Waals surface area contributed by atoms with Crippen LogP contribution in [-0.4, -0.2) is 29.6 Å². The Balaban J connectivity index is 2.40. The van der Waals surface area contributed by atoms with Gasteiger partial charge in [0.25, 0.3) is 0 Å². The van der Waals surface area contributed by atoms with E-state index >= 15 is 0 Å². The zero-order valence-electron chi connectivity index (χ0n) is 17.4. The highest BCUT2D eigenvalue weighted by Crippen LogP contribution is 2.37. The quantitative estimate of drug-likeness (QED) is 0.653. The van der Waals surface area contributed by atoms with Gasteiger partial charge in [-0.25, -0.2) is 4.79 Å². The van der Waals surface area contributed by atoms with E-state index in [-0.39, 0.29) is 5.92 Å². The van der Waals surface area contributed by atoms with Crippen LogP contribution in [0.25, 0.3) is 16.5 Å². The first-order chi connectivity index (χ1) is 13.1. The fourth-order valence-electron chi connectivity index (χ4n) is 3.24. The molecule has 152 valence electrons. The lowest BCUT2D eigenvalue weighted by Crippen LogP contribution is -2.40. The number of carbonyl (C=O) groups excluding carboxylic acids is 1. The van der Waals surface area contributed by atoms with Gasteiger partial charge in [0, 0.05) is 22.6 Å². The molecule has 6 nitrogen and oxygen atoms in total. The molecule has 1 aromatic heterocycles. The molecule has 0 spiro atoms. The molecule has 6 heteroatoms. The minimum Gasteiger partial charge on any atom is -0.493 e. The minimum absolute atomic E-state index is 0.158. The molecule has 2 N–H and O–H groups in total. The van der Waals surface area contributed by atoms with E-state index in [4.69, 9.17) is 9.15 Å². The van der Waals surface area contributed by atoms with Gasteiger partial charge in [-0.3, -0.25) is 4.79 Å². The number of aryl methyl sites for hydroxylation is 2.